The Morgan fingerprint density at radius 3 is 2.30 bits per heavy atom. The van der Waals surface area contributed by atoms with Crippen LogP contribution in [0.2, 0.25) is 0 Å². The van der Waals surface area contributed by atoms with Gasteiger partial charge in [0, 0.05) is 10.1 Å². The fourth-order valence-corrected chi connectivity index (χ4v) is 4.71. The molecule has 1 atom stereocenters. The van der Waals surface area contributed by atoms with Crippen LogP contribution >= 0.6 is 15.9 Å². The first-order valence-corrected chi connectivity index (χ1v) is 9.26. The van der Waals surface area contributed by atoms with E-state index in [0.717, 1.165) is 38.5 Å². The Morgan fingerprint density at radius 1 is 1.20 bits per heavy atom. The van der Waals surface area contributed by atoms with Gasteiger partial charge in [0.15, 0.2) is 0 Å². The number of nitrogens with two attached hydrogens (primary N) is 1. The highest BCUT2D eigenvalue weighted by molar-refractivity contribution is 9.12. The fourth-order valence-electron chi connectivity index (χ4n) is 2.41. The number of primary sulfonamides is 1. The molecule has 0 unspecified atom stereocenters. The van der Waals surface area contributed by atoms with E-state index in [4.69, 9.17) is 9.88 Å². The van der Waals surface area contributed by atoms with Crippen molar-refractivity contribution in [1.29, 1.82) is 0 Å². The third kappa shape index (κ3) is 5.18. The van der Waals surface area contributed by atoms with Gasteiger partial charge in [0.1, 0.15) is 5.25 Å². The zero-order valence-corrected chi connectivity index (χ0v) is 14.1. The van der Waals surface area contributed by atoms with E-state index in [1.807, 2.05) is 0 Å². The quantitative estimate of drug-likeness (QED) is 0.759. The van der Waals surface area contributed by atoms with Gasteiger partial charge in [-0.3, -0.25) is 0 Å². The highest BCUT2D eigenvalue weighted by atomic mass is 79.9. The van der Waals surface area contributed by atoms with Crippen molar-refractivity contribution < 1.29 is 17.9 Å². The van der Waals surface area contributed by atoms with Crippen molar-refractivity contribution in [2.45, 2.75) is 56.6 Å². The third-order valence-corrected chi connectivity index (χ3v) is 6.14. The van der Waals surface area contributed by atoms with Crippen LogP contribution in [0.3, 0.4) is 0 Å². The number of hydrogen-bond acceptors (Lipinski definition) is 4. The van der Waals surface area contributed by atoms with E-state index < -0.39 is 21.2 Å². The molecule has 0 saturated carbocycles. The monoisotopic (exact) mass is 367 g/mol. The summed E-state index contributed by atoms with van der Waals surface area (Å²) in [5.41, 5.74) is 0.397. The molecule has 1 aliphatic rings. The molecule has 0 saturated heterocycles. The van der Waals surface area contributed by atoms with Crippen molar-refractivity contribution in [2.24, 2.45) is 5.14 Å². The van der Waals surface area contributed by atoms with E-state index in [9.17, 15) is 13.2 Å². The lowest BCUT2D eigenvalue weighted by Crippen LogP contribution is -2.30. The van der Waals surface area contributed by atoms with Gasteiger partial charge in [0.25, 0.3) is 0 Å². The van der Waals surface area contributed by atoms with Gasteiger partial charge >= 0.3 is 5.97 Å². The highest BCUT2D eigenvalue weighted by Gasteiger charge is 2.29. The van der Waals surface area contributed by atoms with Crippen LogP contribution in [0.1, 0.15) is 51.4 Å². The molecule has 0 radical (unpaired) electrons. The predicted molar refractivity (Wildman–Crippen MR) is 81.8 cm³/mol. The molecule has 0 fully saturated rings. The Hall–Kier alpha value is -0.400. The van der Waals surface area contributed by atoms with Crippen LogP contribution < -0.4 is 5.14 Å². The average Bonchev–Trinajstić information content (AvgIpc) is 2.41. The van der Waals surface area contributed by atoms with E-state index in [1.54, 1.807) is 0 Å². The summed E-state index contributed by atoms with van der Waals surface area (Å²) in [5, 5.41) is 4.46. The lowest BCUT2D eigenvalue weighted by molar-refractivity contribution is -0.136. The molecule has 0 amide bonds. The van der Waals surface area contributed by atoms with Crippen LogP contribution in [-0.4, -0.2) is 26.7 Å². The Kier molecular flexibility index (Phi) is 7.19. The predicted octanol–water partition coefficient (Wildman–Crippen LogP) is 2.60. The van der Waals surface area contributed by atoms with Crippen LogP contribution in [0.15, 0.2) is 10.1 Å². The number of rotatable bonds is 2. The summed E-state index contributed by atoms with van der Waals surface area (Å²) in [6, 6.07) is 0. The molecule has 116 valence electrons. The van der Waals surface area contributed by atoms with Gasteiger partial charge < -0.3 is 4.74 Å². The first-order valence-electron chi connectivity index (χ1n) is 6.86. The van der Waals surface area contributed by atoms with Crippen LogP contribution in [0.4, 0.5) is 0 Å². The van der Waals surface area contributed by atoms with E-state index in [0.29, 0.717) is 22.9 Å². The topological polar surface area (TPSA) is 86.5 Å². The number of sulfonamides is 1. The first kappa shape index (κ1) is 17.7. The van der Waals surface area contributed by atoms with Gasteiger partial charge in [-0.05, 0) is 19.3 Å². The summed E-state index contributed by atoms with van der Waals surface area (Å²) in [5.74, 6) is -0.482. The summed E-state index contributed by atoms with van der Waals surface area (Å²) < 4.78 is 28.7. The van der Waals surface area contributed by atoms with Gasteiger partial charge in [0.2, 0.25) is 10.0 Å². The molecule has 0 aliphatic heterocycles. The van der Waals surface area contributed by atoms with Crippen LogP contribution in [0.25, 0.3) is 0 Å². The van der Waals surface area contributed by atoms with Crippen molar-refractivity contribution in [3.8, 4) is 0 Å². The molecule has 20 heavy (non-hydrogen) atoms. The lowest BCUT2D eigenvalue weighted by atomic mass is 10.1. The summed E-state index contributed by atoms with van der Waals surface area (Å²) in [7, 11) is -2.44. The number of hydrogen-bond donors (Lipinski definition) is 1. The minimum Gasteiger partial charge on any atom is -0.466 e. The minimum atomic E-state index is -3.74. The van der Waals surface area contributed by atoms with Crippen LogP contribution in [0, 0.1) is 0 Å². The van der Waals surface area contributed by atoms with Gasteiger partial charge in [-0.25, -0.2) is 18.4 Å². The third-order valence-electron chi connectivity index (χ3n) is 3.54. The summed E-state index contributed by atoms with van der Waals surface area (Å²) in [6.45, 7) is 0. The SMILES string of the molecule is COC(=O)/C1=C(\Br)[C@@H](S(N)(=O)=O)CCCCCCCC1. The molecule has 0 spiro atoms. The second-order valence-electron chi connectivity index (χ2n) is 5.06. The van der Waals surface area contributed by atoms with Crippen molar-refractivity contribution in [2.75, 3.05) is 7.11 Å². The highest BCUT2D eigenvalue weighted by Crippen LogP contribution is 2.30. The van der Waals surface area contributed by atoms with E-state index in [1.165, 1.54) is 7.11 Å². The standard InChI is InChI=1S/C13H22BrNO4S/c1-19-13(16)10-8-6-4-2-3-5-7-9-11(12(10)14)20(15,17)18/h11H,2-9H2,1H3,(H2,15,17,18)/b12-10-/t11-/m0/s1. The molecule has 7 heteroatoms. The molecule has 0 aromatic carbocycles. The van der Waals surface area contributed by atoms with Gasteiger partial charge in [0.05, 0.1) is 7.11 Å². The summed E-state index contributed by atoms with van der Waals surface area (Å²) in [6.07, 6.45) is 6.77. The Balaban J connectivity index is 3.15. The fraction of sp³-hybridized carbons (Fsp3) is 0.769. The largest absolute Gasteiger partial charge is 0.466 e. The molecule has 0 aromatic rings. The summed E-state index contributed by atoms with van der Waals surface area (Å²) >= 11 is 3.29. The second kappa shape index (κ2) is 8.14. The number of ether oxygens (including phenoxy) is 1. The van der Waals surface area contributed by atoms with Gasteiger partial charge in [-0.2, -0.15) is 0 Å². The zero-order chi connectivity index (χ0) is 15.2. The number of halogens is 1. The number of methoxy groups -OCH3 is 1. The van der Waals surface area contributed by atoms with Crippen molar-refractivity contribution in [1.82, 2.24) is 0 Å². The molecular weight excluding hydrogens is 346 g/mol. The second-order valence-corrected chi connectivity index (χ2v) is 7.66. The summed E-state index contributed by atoms with van der Waals surface area (Å²) in [4.78, 5) is 11.9. The van der Waals surface area contributed by atoms with E-state index in [2.05, 4.69) is 15.9 Å². The molecular formula is C13H22BrNO4S. The smallest absolute Gasteiger partial charge is 0.334 e. The molecule has 2 N–H and O–H groups in total. The maximum absolute atomic E-state index is 11.9. The van der Waals surface area contributed by atoms with Crippen LogP contribution in [-0.2, 0) is 19.6 Å². The van der Waals surface area contributed by atoms with E-state index in [-0.39, 0.29) is 0 Å². The maximum Gasteiger partial charge on any atom is 0.334 e. The average molecular weight is 368 g/mol. The Labute approximate surface area is 129 Å². The number of carbonyl (C=O) groups excluding carboxylic acids is 1. The molecule has 0 aromatic heterocycles. The van der Waals surface area contributed by atoms with Gasteiger partial charge in [-0.1, -0.05) is 48.0 Å². The normalized spacial score (nSPS) is 26.6. The molecule has 5 nitrogen and oxygen atoms in total. The molecule has 1 rings (SSSR count). The minimum absolute atomic E-state index is 0.369. The van der Waals surface area contributed by atoms with Crippen molar-refractivity contribution >= 4 is 31.9 Å². The number of carbonyl (C=O) groups is 1. The van der Waals surface area contributed by atoms with Crippen molar-refractivity contribution in [3.63, 3.8) is 0 Å². The Morgan fingerprint density at radius 2 is 1.75 bits per heavy atom. The van der Waals surface area contributed by atoms with E-state index >= 15 is 0 Å². The van der Waals surface area contributed by atoms with Gasteiger partial charge in [-0.15, -0.1) is 0 Å². The zero-order valence-electron chi connectivity index (χ0n) is 11.7. The first-order chi connectivity index (χ1) is 9.38. The number of esters is 1. The molecule has 1 aliphatic carbocycles. The Bertz CT molecular complexity index is 473. The maximum atomic E-state index is 11.9. The van der Waals surface area contributed by atoms with Crippen LogP contribution in [0.5, 0.6) is 0 Å². The molecule has 0 heterocycles. The lowest BCUT2D eigenvalue weighted by Gasteiger charge is -2.17. The van der Waals surface area contributed by atoms with Crippen molar-refractivity contribution in [3.05, 3.63) is 10.1 Å². The molecule has 0 bridgehead atoms.